The molecule has 676 valence electrons. The lowest BCUT2D eigenvalue weighted by Crippen LogP contribution is -2.67. The minimum absolute atomic E-state index is 0. The average molecular weight is 1660 g/mol. The van der Waals surface area contributed by atoms with Crippen molar-refractivity contribution >= 4 is 59.3 Å². The molecule has 0 aromatic carbocycles. The van der Waals surface area contributed by atoms with E-state index in [0.717, 1.165) is 146 Å². The van der Waals surface area contributed by atoms with Gasteiger partial charge in [0.05, 0.1) is 65.2 Å². The lowest BCUT2D eigenvalue weighted by molar-refractivity contribution is -0.264. The van der Waals surface area contributed by atoms with Gasteiger partial charge in [-0.15, -0.1) is 0 Å². The number of esters is 6. The molecule has 18 nitrogen and oxygen atoms in total. The van der Waals surface area contributed by atoms with Crippen LogP contribution in [0.1, 0.15) is 370 Å². The highest BCUT2D eigenvalue weighted by Gasteiger charge is 2.65. The van der Waals surface area contributed by atoms with Crippen LogP contribution in [0.3, 0.4) is 0 Å². The van der Waals surface area contributed by atoms with Gasteiger partial charge in [0.1, 0.15) is 29.0 Å². The maximum atomic E-state index is 12.8. The molecule has 14 aliphatic rings. The summed E-state index contributed by atoms with van der Waals surface area (Å²) in [5.74, 6) is 6.72. The minimum Gasteiger partial charge on any atom is -0.459 e. The number of fused-ring (bicyclic) bond motifs is 1. The van der Waals surface area contributed by atoms with Crippen LogP contribution in [0.2, 0.25) is 0 Å². The lowest BCUT2D eigenvalue weighted by atomic mass is 9.47. The summed E-state index contributed by atoms with van der Waals surface area (Å²) in [7, 11) is 0. The van der Waals surface area contributed by atoms with Crippen molar-refractivity contribution in [3.63, 3.8) is 0 Å². The first-order valence-electron chi connectivity index (χ1n) is 42.0. The molecule has 14 fully saturated rings. The Kier molecular flexibility index (Phi) is 49.1. The molecule has 0 aromatic rings. The van der Waals surface area contributed by atoms with Gasteiger partial charge in [0, 0.05) is 25.2 Å². The van der Waals surface area contributed by atoms with Gasteiger partial charge in [-0.1, -0.05) is 108 Å². The van der Waals surface area contributed by atoms with Gasteiger partial charge < -0.3 is 57.6 Å². The molecule has 0 spiro atoms. The molecule has 12 aliphatic carbocycles. The van der Waals surface area contributed by atoms with Gasteiger partial charge in [-0.25, -0.2) is 4.79 Å². The molecule has 9 unspecified atom stereocenters. The van der Waals surface area contributed by atoms with Crippen molar-refractivity contribution in [3.05, 3.63) is 0 Å². The molecule has 9 atom stereocenters. The van der Waals surface area contributed by atoms with E-state index in [9.17, 15) is 39.0 Å². The number of carbonyl (C=O) groups excluding carboxylic acids is 6. The molecular weight excluding hydrogens is 1480 g/mol. The van der Waals surface area contributed by atoms with E-state index in [-0.39, 0.29) is 148 Å². The molecule has 2 heterocycles. The highest BCUT2D eigenvalue weighted by Crippen LogP contribution is 2.63. The summed E-state index contributed by atoms with van der Waals surface area (Å²) in [4.78, 5) is 73.2. The van der Waals surface area contributed by atoms with Gasteiger partial charge in [0.15, 0.2) is 19.2 Å². The standard InChI is InChI=1S/C20H40O4S2.C19H32O2.C18H26O6.C16H26O4.C13H24O2.8CH4/c1-17(21-11-5-13-25-3)23-15-19-7-9-20(10-8-19)16-24-18(2)22-12-6-14-26-4;1-6-18(4,5)17(20)21-19(12(2)3)15-8-13-7-14(10-15)11-16(19)9-13;1-4-18(2,3)17(21)22-9-14(19)24-15-11-5-10-6-12(8-11)16(20)23-13(15)7-10;1-4-13(2,3)12(17)20-16-7-11-5-14(18,9-16)8-15(19,6-11)10-16;1-5-12(3,4)11(14)15-13(6-2)9-7-8-10-13;;;;;;;;/h17-20H,5-16H2,1-4H3;12-16H,6-11H2,1-5H3;10-13,15H,4-9H2,1-3H3;11,18-19H,4-10H2,1-3H3;5-10H2,1-4H3;8*1H4. The van der Waals surface area contributed by atoms with Gasteiger partial charge in [0.2, 0.25) is 0 Å². The Morgan fingerprint density at radius 2 is 0.930 bits per heavy atom. The van der Waals surface area contributed by atoms with Gasteiger partial charge >= 0.3 is 35.8 Å². The second kappa shape index (κ2) is 49.4. The summed E-state index contributed by atoms with van der Waals surface area (Å²) in [6.07, 6.45) is 32.7. The molecule has 2 saturated heterocycles. The van der Waals surface area contributed by atoms with Gasteiger partial charge in [-0.2, -0.15) is 23.5 Å². The maximum absolute atomic E-state index is 12.8. The first-order valence-corrected chi connectivity index (χ1v) is 44.7. The van der Waals surface area contributed by atoms with Crippen molar-refractivity contribution in [2.45, 2.75) is 423 Å². The fourth-order valence-electron chi connectivity index (χ4n) is 19.7. The van der Waals surface area contributed by atoms with Crippen LogP contribution in [0.15, 0.2) is 0 Å². The highest BCUT2D eigenvalue weighted by molar-refractivity contribution is 7.98. The van der Waals surface area contributed by atoms with Crippen LogP contribution < -0.4 is 0 Å². The normalized spacial score (nSPS) is 31.0. The topological polar surface area (TPSA) is 235 Å². The minimum atomic E-state index is -0.842. The third-order valence-corrected chi connectivity index (χ3v) is 28.7. The Morgan fingerprint density at radius 3 is 1.34 bits per heavy atom. The number of ether oxygens (including phenoxy) is 10. The van der Waals surface area contributed by atoms with Crippen molar-refractivity contribution in [1.82, 2.24) is 0 Å². The number of aliphatic hydroxyl groups is 2. The van der Waals surface area contributed by atoms with Crippen LogP contribution in [-0.2, 0) is 76.1 Å². The zero-order chi connectivity index (χ0) is 78.3. The van der Waals surface area contributed by atoms with Crippen LogP contribution in [0, 0.1) is 86.8 Å². The van der Waals surface area contributed by atoms with Gasteiger partial charge in [0.25, 0.3) is 0 Å². The van der Waals surface area contributed by atoms with Crippen LogP contribution in [0.4, 0.5) is 0 Å². The summed E-state index contributed by atoms with van der Waals surface area (Å²) >= 11 is 3.72. The van der Waals surface area contributed by atoms with Crippen molar-refractivity contribution in [3.8, 4) is 0 Å². The van der Waals surface area contributed by atoms with E-state index < -0.39 is 45.7 Å². The molecular formula is C94H180O18S2. The Labute approximate surface area is 708 Å². The third-order valence-electron chi connectivity index (χ3n) is 27.3. The molecule has 114 heavy (non-hydrogen) atoms. The van der Waals surface area contributed by atoms with Crippen LogP contribution in [0.5, 0.6) is 0 Å². The number of carbonyl (C=O) groups is 6. The van der Waals surface area contributed by atoms with Crippen LogP contribution in [0.25, 0.3) is 0 Å². The summed E-state index contributed by atoms with van der Waals surface area (Å²) in [5, 5.41) is 21.3. The molecule has 0 amide bonds. The van der Waals surface area contributed by atoms with Crippen molar-refractivity contribution in [2.75, 3.05) is 57.1 Å². The monoisotopic (exact) mass is 1660 g/mol. The van der Waals surface area contributed by atoms with Crippen molar-refractivity contribution < 1.29 is 86.3 Å². The predicted octanol–water partition coefficient (Wildman–Crippen LogP) is 23.1. The molecule has 0 radical (unpaired) electrons. The van der Waals surface area contributed by atoms with Gasteiger partial charge in [-0.3, -0.25) is 24.0 Å². The Bertz CT molecular complexity index is 2710. The van der Waals surface area contributed by atoms with E-state index in [2.05, 4.69) is 40.2 Å². The second-order valence-corrected chi connectivity index (χ2v) is 39.7. The fourth-order valence-corrected chi connectivity index (χ4v) is 20.5. The summed E-state index contributed by atoms with van der Waals surface area (Å²) < 4.78 is 57.4. The second-order valence-electron chi connectivity index (χ2n) is 37.7. The highest BCUT2D eigenvalue weighted by atomic mass is 32.2. The van der Waals surface area contributed by atoms with Crippen molar-refractivity contribution in [2.24, 2.45) is 86.8 Å². The first-order chi connectivity index (χ1) is 49.8. The van der Waals surface area contributed by atoms with E-state index in [4.69, 9.17) is 47.4 Å². The Hall–Kier alpha value is -2.72. The lowest BCUT2D eigenvalue weighted by Gasteiger charge is -2.62. The average Bonchev–Trinajstić information content (AvgIpc) is 0.883. The molecule has 0 aromatic heterocycles. The fraction of sp³-hybridized carbons (Fsp3) is 0.936. The molecule has 12 bridgehead atoms. The number of rotatable bonds is 32. The zero-order valence-electron chi connectivity index (χ0n) is 69.6. The Morgan fingerprint density at radius 1 is 0.509 bits per heavy atom. The Balaban J connectivity index is 0. The zero-order valence-corrected chi connectivity index (χ0v) is 71.2. The number of hydrogen-bond acceptors (Lipinski definition) is 20. The number of thioether (sulfide) groups is 2. The van der Waals surface area contributed by atoms with Gasteiger partial charge in [-0.05, 0) is 320 Å². The SMILES string of the molecule is C.C.C.C.C.C.C.C.CCC(C)(C)C(=O)OC1(C(C)C)C2CC3CC(C2)CC1C3.CCC(C)(C)C(=O)OC12CC3CC(O)(CC(O)(C3)C1)C2.CCC(C)(C)C(=O)OCC(=O)OC1C2CC3CC(C2)C(=O)OC1C3.CCC1(OC(=O)C(C)(C)CC)CCCC1.CSCCCOC(C)OCC1CCC(COC(C)OCCCSC)CC1. The summed E-state index contributed by atoms with van der Waals surface area (Å²) in [5.41, 5.74) is -4.44. The maximum Gasteiger partial charge on any atom is 0.344 e. The quantitative estimate of drug-likeness (QED) is 0.0276. The van der Waals surface area contributed by atoms with Crippen LogP contribution >= 0.6 is 23.5 Å². The predicted molar refractivity (Wildman–Crippen MR) is 472 cm³/mol. The molecule has 2 N–H and O–H groups in total. The first kappa shape index (κ1) is 113. The van der Waals surface area contributed by atoms with E-state index in [1.807, 2.05) is 99.7 Å². The van der Waals surface area contributed by atoms with E-state index >= 15 is 0 Å². The number of hydrogen-bond donors (Lipinski definition) is 2. The molecule has 14 rings (SSSR count). The summed E-state index contributed by atoms with van der Waals surface area (Å²) in [6, 6.07) is 0. The summed E-state index contributed by atoms with van der Waals surface area (Å²) in [6.45, 7) is 36.9. The smallest absolute Gasteiger partial charge is 0.344 e. The third kappa shape index (κ3) is 30.7. The van der Waals surface area contributed by atoms with E-state index in [0.29, 0.717) is 61.2 Å². The molecule has 20 heteroatoms. The molecule has 12 saturated carbocycles. The molecule has 2 aliphatic heterocycles. The van der Waals surface area contributed by atoms with E-state index in [1.165, 1.54) is 70.6 Å². The van der Waals surface area contributed by atoms with Crippen LogP contribution in [-0.4, -0.2) is 156 Å². The van der Waals surface area contributed by atoms with E-state index in [1.54, 1.807) is 13.8 Å². The largest absolute Gasteiger partial charge is 0.459 e. The van der Waals surface area contributed by atoms with Crippen molar-refractivity contribution in [1.29, 1.82) is 0 Å².